The summed E-state index contributed by atoms with van der Waals surface area (Å²) in [5.74, 6) is -1.29. The monoisotopic (exact) mass is 476 g/mol. The quantitative estimate of drug-likeness (QED) is 0.357. The number of hydrogen-bond donors (Lipinski definition) is 3. The van der Waals surface area contributed by atoms with Crippen LogP contribution in [0.3, 0.4) is 0 Å². The molecule has 166 valence electrons. The number of nitrogens with one attached hydrogen (secondary N) is 2. The van der Waals surface area contributed by atoms with Gasteiger partial charge in [0.1, 0.15) is 5.01 Å². The van der Waals surface area contributed by atoms with Crippen LogP contribution in [-0.2, 0) is 16.0 Å². The smallest absolute Gasteiger partial charge is 0.251 e. The third-order valence-corrected chi connectivity index (χ3v) is 6.61. The van der Waals surface area contributed by atoms with Crippen LogP contribution >= 0.6 is 22.7 Å². The van der Waals surface area contributed by atoms with Crippen molar-refractivity contribution < 1.29 is 14.4 Å². The third kappa shape index (κ3) is 5.71. The molecule has 3 amide bonds. The van der Waals surface area contributed by atoms with E-state index in [2.05, 4.69) is 10.6 Å². The highest BCUT2D eigenvalue weighted by Gasteiger charge is 2.18. The Kier molecular flexibility index (Phi) is 6.92. The van der Waals surface area contributed by atoms with Gasteiger partial charge < -0.3 is 16.4 Å². The van der Waals surface area contributed by atoms with Crippen LogP contribution in [0, 0.1) is 0 Å². The molecule has 4 N–H and O–H groups in total. The maximum atomic E-state index is 12.9. The maximum absolute atomic E-state index is 12.9. The Labute approximate surface area is 198 Å². The van der Waals surface area contributed by atoms with Crippen LogP contribution in [0.5, 0.6) is 0 Å². The number of primary amides is 1. The molecule has 0 aliphatic carbocycles. The van der Waals surface area contributed by atoms with E-state index >= 15 is 0 Å². The predicted molar refractivity (Wildman–Crippen MR) is 131 cm³/mol. The summed E-state index contributed by atoms with van der Waals surface area (Å²) in [7, 11) is 0. The van der Waals surface area contributed by atoms with Gasteiger partial charge in [-0.25, -0.2) is 4.98 Å². The molecule has 0 unspecified atom stereocenters. The summed E-state index contributed by atoms with van der Waals surface area (Å²) >= 11 is 3.07. The van der Waals surface area contributed by atoms with E-state index in [1.165, 1.54) is 11.3 Å². The number of nitrogens with two attached hydrogens (primary N) is 1. The van der Waals surface area contributed by atoms with Crippen molar-refractivity contribution in [1.29, 1.82) is 0 Å². The van der Waals surface area contributed by atoms with Gasteiger partial charge in [0.2, 0.25) is 11.8 Å². The van der Waals surface area contributed by atoms with Gasteiger partial charge in [-0.15, -0.1) is 22.7 Å². The highest BCUT2D eigenvalue weighted by atomic mass is 32.1. The lowest BCUT2D eigenvalue weighted by Gasteiger charge is -2.08. The van der Waals surface area contributed by atoms with Gasteiger partial charge in [-0.1, -0.05) is 42.5 Å². The van der Waals surface area contributed by atoms with Crippen LogP contribution in [0.25, 0.3) is 21.1 Å². The normalized spacial score (nSPS) is 10.5. The number of thiazole rings is 1. The van der Waals surface area contributed by atoms with Crippen LogP contribution in [0.4, 0.5) is 5.69 Å². The molecule has 4 rings (SSSR count). The molecule has 0 radical (unpaired) electrons. The summed E-state index contributed by atoms with van der Waals surface area (Å²) in [6, 6.07) is 20.3. The minimum Gasteiger partial charge on any atom is -0.368 e. The second kappa shape index (κ2) is 10.2. The Bertz CT molecular complexity index is 1280. The van der Waals surface area contributed by atoms with Crippen LogP contribution in [-0.4, -0.2) is 29.3 Å². The number of nitrogens with zero attached hydrogens (tertiary/aromatic N) is 1. The third-order valence-electron chi connectivity index (χ3n) is 4.63. The van der Waals surface area contributed by atoms with Crippen molar-refractivity contribution in [3.63, 3.8) is 0 Å². The fourth-order valence-corrected chi connectivity index (χ4v) is 5.03. The number of carbonyl (C=O) groups excluding carboxylic acids is 3. The highest BCUT2D eigenvalue weighted by molar-refractivity contribution is 7.17. The zero-order valence-corrected chi connectivity index (χ0v) is 19.0. The molecule has 0 spiro atoms. The molecule has 7 nitrogen and oxygen atoms in total. The lowest BCUT2D eigenvalue weighted by molar-refractivity contribution is -0.117. The van der Waals surface area contributed by atoms with Crippen molar-refractivity contribution >= 4 is 46.1 Å². The first kappa shape index (κ1) is 22.4. The molecule has 2 aromatic heterocycles. The van der Waals surface area contributed by atoms with Crippen LogP contribution in [0.1, 0.15) is 15.2 Å². The number of carbonyl (C=O) groups is 3. The molecule has 0 aliphatic rings. The molecular formula is C24H20N4O3S2. The zero-order chi connectivity index (χ0) is 23.2. The van der Waals surface area contributed by atoms with Gasteiger partial charge in [-0.2, -0.15) is 0 Å². The molecular weight excluding hydrogens is 456 g/mol. The standard InChI is InChI=1S/C24H20N4O3S2/c25-20(29)14-26-23(31)16-8-4-9-17(12-16)27-21(30)13-19-22(18-10-5-11-32-18)28-24(33-19)15-6-2-1-3-7-15/h1-12H,13-14H2,(H2,25,29)(H,26,31)(H,27,30). The minimum absolute atomic E-state index is 0.149. The zero-order valence-electron chi connectivity index (χ0n) is 17.4. The number of anilines is 1. The van der Waals surface area contributed by atoms with Gasteiger partial charge in [-0.3, -0.25) is 14.4 Å². The second-order valence-electron chi connectivity index (χ2n) is 7.09. The average Bonchev–Trinajstić information content (AvgIpc) is 3.48. The average molecular weight is 477 g/mol. The SMILES string of the molecule is NC(=O)CNC(=O)c1cccc(NC(=O)Cc2sc(-c3ccccc3)nc2-c2cccs2)c1. The Morgan fingerprint density at radius 1 is 0.970 bits per heavy atom. The lowest BCUT2D eigenvalue weighted by Crippen LogP contribution is -2.33. The fourth-order valence-electron chi connectivity index (χ4n) is 3.14. The van der Waals surface area contributed by atoms with Crippen LogP contribution in [0.2, 0.25) is 0 Å². The molecule has 0 bridgehead atoms. The topological polar surface area (TPSA) is 114 Å². The summed E-state index contributed by atoms with van der Waals surface area (Å²) in [6.45, 7) is -0.254. The van der Waals surface area contributed by atoms with E-state index < -0.39 is 11.8 Å². The van der Waals surface area contributed by atoms with Gasteiger partial charge in [0, 0.05) is 21.7 Å². The van der Waals surface area contributed by atoms with Gasteiger partial charge in [-0.05, 0) is 29.6 Å². The van der Waals surface area contributed by atoms with E-state index in [1.54, 1.807) is 35.6 Å². The summed E-state index contributed by atoms with van der Waals surface area (Å²) < 4.78 is 0. The van der Waals surface area contributed by atoms with Crippen molar-refractivity contribution in [2.24, 2.45) is 5.73 Å². The number of aromatic nitrogens is 1. The lowest BCUT2D eigenvalue weighted by atomic mass is 10.1. The van der Waals surface area contributed by atoms with E-state index in [1.807, 2.05) is 47.8 Å². The maximum Gasteiger partial charge on any atom is 0.251 e. The predicted octanol–water partition coefficient (Wildman–Crippen LogP) is 3.93. The van der Waals surface area contributed by atoms with E-state index in [0.717, 1.165) is 26.0 Å². The Balaban J connectivity index is 1.52. The van der Waals surface area contributed by atoms with Crippen LogP contribution in [0.15, 0.2) is 72.1 Å². The first-order valence-electron chi connectivity index (χ1n) is 10.0. The number of amides is 3. The Hall–Kier alpha value is -3.82. The number of rotatable bonds is 8. The fraction of sp³-hybridized carbons (Fsp3) is 0.0833. The molecule has 9 heteroatoms. The van der Waals surface area contributed by atoms with E-state index in [9.17, 15) is 14.4 Å². The molecule has 0 atom stereocenters. The largest absolute Gasteiger partial charge is 0.368 e. The number of thiophene rings is 1. The summed E-state index contributed by atoms with van der Waals surface area (Å²) in [4.78, 5) is 42.6. The number of hydrogen-bond acceptors (Lipinski definition) is 6. The van der Waals surface area contributed by atoms with Gasteiger partial charge in [0.25, 0.3) is 5.91 Å². The van der Waals surface area contributed by atoms with Crippen molar-refractivity contribution in [3.05, 3.63) is 82.6 Å². The van der Waals surface area contributed by atoms with E-state index in [-0.39, 0.29) is 18.9 Å². The first-order chi connectivity index (χ1) is 16.0. The molecule has 0 saturated heterocycles. The molecule has 4 aromatic rings. The molecule has 2 heterocycles. The number of benzene rings is 2. The van der Waals surface area contributed by atoms with E-state index in [4.69, 9.17) is 10.7 Å². The van der Waals surface area contributed by atoms with Crippen molar-refractivity contribution in [1.82, 2.24) is 10.3 Å². The Morgan fingerprint density at radius 3 is 2.52 bits per heavy atom. The van der Waals surface area contributed by atoms with Crippen LogP contribution < -0.4 is 16.4 Å². The summed E-state index contributed by atoms with van der Waals surface area (Å²) in [6.07, 6.45) is 0.149. The van der Waals surface area contributed by atoms with Gasteiger partial charge >= 0.3 is 0 Å². The molecule has 0 aliphatic heterocycles. The van der Waals surface area contributed by atoms with Gasteiger partial charge in [0.15, 0.2) is 0 Å². The van der Waals surface area contributed by atoms with Crippen molar-refractivity contribution in [2.75, 3.05) is 11.9 Å². The minimum atomic E-state index is -0.631. The van der Waals surface area contributed by atoms with E-state index in [0.29, 0.717) is 11.3 Å². The summed E-state index contributed by atoms with van der Waals surface area (Å²) in [5.41, 5.74) is 7.67. The second-order valence-corrected chi connectivity index (χ2v) is 9.12. The molecule has 33 heavy (non-hydrogen) atoms. The van der Waals surface area contributed by atoms with Gasteiger partial charge in [0.05, 0.1) is 23.5 Å². The van der Waals surface area contributed by atoms with Crippen molar-refractivity contribution in [3.8, 4) is 21.1 Å². The first-order valence-corrected chi connectivity index (χ1v) is 11.7. The molecule has 2 aromatic carbocycles. The highest BCUT2D eigenvalue weighted by Crippen LogP contribution is 2.36. The summed E-state index contributed by atoms with van der Waals surface area (Å²) in [5, 5.41) is 8.11. The van der Waals surface area contributed by atoms with Crippen molar-refractivity contribution in [2.45, 2.75) is 6.42 Å². The molecule has 0 fully saturated rings. The molecule has 0 saturated carbocycles. The Morgan fingerprint density at radius 2 is 1.79 bits per heavy atom.